The number of fused-ring (bicyclic) bond motifs is 1. The first-order valence-electron chi connectivity index (χ1n) is 10.9. The summed E-state index contributed by atoms with van der Waals surface area (Å²) in [5.74, 6) is -0.274. The predicted molar refractivity (Wildman–Crippen MR) is 129 cm³/mol. The Balaban J connectivity index is 1.36. The number of carbonyl (C=O) groups is 2. The first kappa shape index (κ1) is 22.3. The lowest BCUT2D eigenvalue weighted by Crippen LogP contribution is -2.25. The number of ether oxygens (including phenoxy) is 2. The van der Waals surface area contributed by atoms with Gasteiger partial charge in [-0.1, -0.05) is 80.6 Å². The zero-order valence-electron chi connectivity index (χ0n) is 19.1. The number of allylic oxidation sites excluding steroid dienone is 1. The van der Waals surface area contributed by atoms with Crippen LogP contribution in [0.1, 0.15) is 19.4 Å². The van der Waals surface area contributed by atoms with E-state index < -0.39 is 5.97 Å². The first-order chi connectivity index (χ1) is 15.9. The van der Waals surface area contributed by atoms with Crippen molar-refractivity contribution in [2.45, 2.75) is 19.3 Å². The van der Waals surface area contributed by atoms with Crippen molar-refractivity contribution < 1.29 is 19.1 Å². The molecule has 0 fully saturated rings. The average molecular weight is 442 g/mol. The minimum absolute atomic E-state index is 0.268. The van der Waals surface area contributed by atoms with Crippen LogP contribution in [0.3, 0.4) is 0 Å². The van der Waals surface area contributed by atoms with Crippen LogP contribution < -0.4 is 9.64 Å². The Bertz CT molecular complexity index is 1200. The summed E-state index contributed by atoms with van der Waals surface area (Å²) in [7, 11) is 1.94. The van der Waals surface area contributed by atoms with Crippen molar-refractivity contribution in [2.24, 2.45) is 0 Å². The molecular formula is C28H27NO4. The molecule has 0 saturated carbocycles. The topological polar surface area (TPSA) is 55.8 Å². The third-order valence-electron chi connectivity index (χ3n) is 5.93. The Morgan fingerprint density at radius 3 is 2.30 bits per heavy atom. The van der Waals surface area contributed by atoms with Gasteiger partial charge in [0.2, 0.25) is 0 Å². The van der Waals surface area contributed by atoms with E-state index in [9.17, 15) is 9.59 Å². The van der Waals surface area contributed by atoms with Crippen LogP contribution in [0.4, 0.5) is 5.69 Å². The van der Waals surface area contributed by atoms with Crippen molar-refractivity contribution >= 4 is 17.4 Å². The van der Waals surface area contributed by atoms with E-state index in [0.29, 0.717) is 5.75 Å². The summed E-state index contributed by atoms with van der Waals surface area (Å²) in [6, 6.07) is 25.4. The molecule has 168 valence electrons. The van der Waals surface area contributed by atoms with Gasteiger partial charge >= 0.3 is 5.97 Å². The van der Waals surface area contributed by atoms with Gasteiger partial charge in [-0.05, 0) is 23.3 Å². The highest BCUT2D eigenvalue weighted by Gasteiger charge is 2.38. The highest BCUT2D eigenvalue weighted by molar-refractivity contribution is 5.94. The molecular weight excluding hydrogens is 414 g/mol. The maximum absolute atomic E-state index is 12.6. The maximum Gasteiger partial charge on any atom is 0.344 e. The molecule has 0 spiro atoms. The summed E-state index contributed by atoms with van der Waals surface area (Å²) in [4.78, 5) is 26.8. The molecule has 4 rings (SSSR count). The number of hydrogen-bond donors (Lipinski definition) is 0. The minimum atomic E-state index is -0.591. The van der Waals surface area contributed by atoms with E-state index in [-0.39, 0.29) is 24.4 Å². The monoisotopic (exact) mass is 441 g/mol. The van der Waals surface area contributed by atoms with Crippen LogP contribution in [0.25, 0.3) is 11.1 Å². The SMILES string of the molecule is CN1C(=CC(=O)COC(=O)COc2ccccc2-c2ccccc2)C(C)(C)c2ccccc21. The lowest BCUT2D eigenvalue weighted by Gasteiger charge is -2.23. The molecule has 5 heteroatoms. The molecule has 1 heterocycles. The normalized spacial score (nSPS) is 15.2. The number of likely N-dealkylation sites (N-methyl/N-ethyl adjacent to an activating group) is 1. The smallest absolute Gasteiger partial charge is 0.344 e. The summed E-state index contributed by atoms with van der Waals surface area (Å²) in [5.41, 5.74) is 4.68. The molecule has 0 amide bonds. The molecule has 0 radical (unpaired) electrons. The molecule has 0 unspecified atom stereocenters. The summed E-state index contributed by atoms with van der Waals surface area (Å²) < 4.78 is 10.9. The van der Waals surface area contributed by atoms with Crippen LogP contribution in [-0.4, -0.2) is 32.0 Å². The van der Waals surface area contributed by atoms with Gasteiger partial charge < -0.3 is 14.4 Å². The van der Waals surface area contributed by atoms with Crippen molar-refractivity contribution in [3.63, 3.8) is 0 Å². The molecule has 0 bridgehead atoms. The van der Waals surface area contributed by atoms with Gasteiger partial charge in [-0.25, -0.2) is 4.79 Å². The molecule has 5 nitrogen and oxygen atoms in total. The van der Waals surface area contributed by atoms with E-state index in [2.05, 4.69) is 19.9 Å². The van der Waals surface area contributed by atoms with Gasteiger partial charge in [-0.15, -0.1) is 0 Å². The number of hydrogen-bond acceptors (Lipinski definition) is 5. The molecule has 0 N–H and O–H groups in total. The minimum Gasteiger partial charge on any atom is -0.481 e. The Hall–Kier alpha value is -3.86. The molecule has 1 aliphatic heterocycles. The third kappa shape index (κ3) is 4.67. The van der Waals surface area contributed by atoms with Gasteiger partial charge in [0.15, 0.2) is 19.0 Å². The van der Waals surface area contributed by atoms with Crippen LogP contribution in [0.5, 0.6) is 5.75 Å². The van der Waals surface area contributed by atoms with Crippen LogP contribution in [0.15, 0.2) is 90.6 Å². The number of carbonyl (C=O) groups excluding carboxylic acids is 2. The molecule has 0 saturated heterocycles. The second-order valence-electron chi connectivity index (χ2n) is 8.51. The molecule has 1 aliphatic rings. The van der Waals surface area contributed by atoms with Crippen LogP contribution in [-0.2, 0) is 19.7 Å². The largest absolute Gasteiger partial charge is 0.481 e. The molecule has 33 heavy (non-hydrogen) atoms. The molecule has 0 atom stereocenters. The first-order valence-corrected chi connectivity index (χ1v) is 10.9. The highest BCUT2D eigenvalue weighted by Crippen LogP contribution is 2.46. The van der Waals surface area contributed by atoms with Gasteiger partial charge in [-0.2, -0.15) is 0 Å². The number of nitrogens with zero attached hydrogens (tertiary/aromatic N) is 1. The van der Waals surface area contributed by atoms with E-state index in [1.54, 1.807) is 12.1 Å². The van der Waals surface area contributed by atoms with E-state index in [4.69, 9.17) is 9.47 Å². The average Bonchev–Trinajstić information content (AvgIpc) is 3.03. The van der Waals surface area contributed by atoms with Crippen LogP contribution in [0, 0.1) is 0 Å². The molecule has 3 aromatic rings. The number of rotatable bonds is 7. The number of benzene rings is 3. The summed E-state index contributed by atoms with van der Waals surface area (Å²) in [6.45, 7) is 3.56. The number of ketones is 1. The Morgan fingerprint density at radius 1 is 0.879 bits per heavy atom. The van der Waals surface area contributed by atoms with Crippen LogP contribution >= 0.6 is 0 Å². The fourth-order valence-corrected chi connectivity index (χ4v) is 4.23. The van der Waals surface area contributed by atoms with Crippen molar-refractivity contribution in [2.75, 3.05) is 25.2 Å². The lowest BCUT2D eigenvalue weighted by molar-refractivity contribution is -0.148. The van der Waals surface area contributed by atoms with Crippen molar-refractivity contribution in [3.05, 3.63) is 96.2 Å². The summed E-state index contributed by atoms with van der Waals surface area (Å²) in [6.07, 6.45) is 1.57. The Morgan fingerprint density at radius 2 is 1.55 bits per heavy atom. The van der Waals surface area contributed by atoms with Crippen molar-refractivity contribution in [1.29, 1.82) is 0 Å². The van der Waals surface area contributed by atoms with E-state index in [0.717, 1.165) is 28.1 Å². The van der Waals surface area contributed by atoms with E-state index in [1.165, 1.54) is 0 Å². The van der Waals surface area contributed by atoms with Crippen molar-refractivity contribution in [3.8, 4) is 16.9 Å². The van der Waals surface area contributed by atoms with Gasteiger partial charge in [0, 0.05) is 35.5 Å². The van der Waals surface area contributed by atoms with E-state index in [1.807, 2.05) is 78.7 Å². The number of esters is 1. The predicted octanol–water partition coefficient (Wildman–Crippen LogP) is 5.16. The molecule has 0 aliphatic carbocycles. The van der Waals surface area contributed by atoms with Gasteiger partial charge in [0.1, 0.15) is 5.75 Å². The zero-order chi connectivity index (χ0) is 23.4. The highest BCUT2D eigenvalue weighted by atomic mass is 16.6. The molecule has 3 aromatic carbocycles. The quantitative estimate of drug-likeness (QED) is 0.375. The fraction of sp³-hybridized carbons (Fsp3) is 0.214. The lowest BCUT2D eigenvalue weighted by atomic mass is 9.83. The maximum atomic E-state index is 12.6. The van der Waals surface area contributed by atoms with Crippen molar-refractivity contribution in [1.82, 2.24) is 0 Å². The van der Waals surface area contributed by atoms with Gasteiger partial charge in [-0.3, -0.25) is 4.79 Å². The Labute approximate surface area is 194 Å². The van der Waals surface area contributed by atoms with Crippen LogP contribution in [0.2, 0.25) is 0 Å². The van der Waals surface area contributed by atoms with E-state index >= 15 is 0 Å². The second kappa shape index (κ2) is 9.33. The number of anilines is 1. The Kier molecular flexibility index (Phi) is 6.31. The van der Waals surface area contributed by atoms with Gasteiger partial charge in [0.25, 0.3) is 0 Å². The summed E-state index contributed by atoms with van der Waals surface area (Å²) in [5, 5.41) is 0. The van der Waals surface area contributed by atoms with Gasteiger partial charge in [0.05, 0.1) is 0 Å². The summed E-state index contributed by atoms with van der Waals surface area (Å²) >= 11 is 0. The fourth-order valence-electron chi connectivity index (χ4n) is 4.23. The zero-order valence-corrected chi connectivity index (χ0v) is 19.1. The standard InChI is InChI=1S/C28H27NO4/c1-28(2)23-14-8-9-15-24(23)29(3)26(28)17-21(30)18-33-27(31)19-32-25-16-10-7-13-22(25)20-11-5-4-6-12-20/h4-17H,18-19H2,1-3H3. The third-order valence-corrected chi connectivity index (χ3v) is 5.93. The number of para-hydroxylation sites is 2. The molecule has 0 aromatic heterocycles. The second-order valence-corrected chi connectivity index (χ2v) is 8.51.